The summed E-state index contributed by atoms with van der Waals surface area (Å²) in [6.07, 6.45) is 1.78. The van der Waals surface area contributed by atoms with Crippen molar-refractivity contribution in [3.8, 4) is 0 Å². The molecule has 88 valence electrons. The number of aromatic nitrogens is 1. The van der Waals surface area contributed by atoms with Gasteiger partial charge in [0.15, 0.2) is 0 Å². The highest BCUT2D eigenvalue weighted by Gasteiger charge is 2.14. The Balaban J connectivity index is 2.05. The summed E-state index contributed by atoms with van der Waals surface area (Å²) in [6.45, 7) is 4.29. The van der Waals surface area contributed by atoms with Crippen LogP contribution in [0.2, 0.25) is 0 Å². The molecular formula is C11H17N3O2. The minimum Gasteiger partial charge on any atom is -0.379 e. The summed E-state index contributed by atoms with van der Waals surface area (Å²) in [4.78, 5) is 13.3. The van der Waals surface area contributed by atoms with Gasteiger partial charge in [-0.3, -0.25) is 9.69 Å². The van der Waals surface area contributed by atoms with Crippen LogP contribution in [0, 0.1) is 0 Å². The number of morpholine rings is 1. The standard InChI is InChI=1S/C11H17N3O2/c1-13-7-9(11(12)15)6-10(13)8-14-2-4-16-5-3-14/h6-7H,2-5,8H2,1H3,(H2,12,15). The molecule has 0 saturated carbocycles. The summed E-state index contributed by atoms with van der Waals surface area (Å²) < 4.78 is 7.24. The number of nitrogens with zero attached hydrogens (tertiary/aromatic N) is 2. The number of aryl methyl sites for hydroxylation is 1. The smallest absolute Gasteiger partial charge is 0.250 e. The molecule has 0 spiro atoms. The molecule has 0 atom stereocenters. The SMILES string of the molecule is Cn1cc(C(N)=O)cc1CN1CCOCC1. The maximum absolute atomic E-state index is 11.0. The van der Waals surface area contributed by atoms with Crippen LogP contribution in [-0.2, 0) is 18.3 Å². The molecule has 2 rings (SSSR count). The van der Waals surface area contributed by atoms with E-state index < -0.39 is 0 Å². The van der Waals surface area contributed by atoms with E-state index in [1.165, 1.54) is 0 Å². The van der Waals surface area contributed by atoms with E-state index in [9.17, 15) is 4.79 Å². The predicted octanol–water partition coefficient (Wildman–Crippen LogP) is -0.0438. The Labute approximate surface area is 94.8 Å². The Bertz CT molecular complexity index is 381. The van der Waals surface area contributed by atoms with Gasteiger partial charge in [0, 0.05) is 38.6 Å². The Morgan fingerprint density at radius 2 is 2.19 bits per heavy atom. The molecule has 1 fully saturated rings. The number of carbonyl (C=O) groups excluding carboxylic acids is 1. The lowest BCUT2D eigenvalue weighted by Crippen LogP contribution is -2.36. The van der Waals surface area contributed by atoms with Crippen LogP contribution in [0.5, 0.6) is 0 Å². The van der Waals surface area contributed by atoms with Gasteiger partial charge in [-0.05, 0) is 6.07 Å². The minimum absolute atomic E-state index is 0.371. The molecule has 1 aromatic rings. The maximum atomic E-state index is 11.0. The summed E-state index contributed by atoms with van der Waals surface area (Å²) in [5.74, 6) is -0.371. The van der Waals surface area contributed by atoms with Gasteiger partial charge >= 0.3 is 0 Å². The molecule has 1 amide bonds. The molecular weight excluding hydrogens is 206 g/mol. The van der Waals surface area contributed by atoms with Crippen molar-refractivity contribution in [3.05, 3.63) is 23.5 Å². The Morgan fingerprint density at radius 1 is 1.50 bits per heavy atom. The van der Waals surface area contributed by atoms with E-state index in [4.69, 9.17) is 10.5 Å². The van der Waals surface area contributed by atoms with E-state index in [1.54, 1.807) is 6.20 Å². The molecule has 1 aromatic heterocycles. The van der Waals surface area contributed by atoms with Crippen molar-refractivity contribution in [1.82, 2.24) is 9.47 Å². The zero-order valence-electron chi connectivity index (χ0n) is 9.48. The molecule has 5 heteroatoms. The van der Waals surface area contributed by atoms with Crippen molar-refractivity contribution in [2.24, 2.45) is 12.8 Å². The molecule has 2 heterocycles. The zero-order valence-corrected chi connectivity index (χ0v) is 9.48. The monoisotopic (exact) mass is 223 g/mol. The molecule has 1 saturated heterocycles. The quantitative estimate of drug-likeness (QED) is 0.782. The van der Waals surface area contributed by atoms with E-state index >= 15 is 0 Å². The number of hydrogen-bond donors (Lipinski definition) is 1. The van der Waals surface area contributed by atoms with E-state index in [0.717, 1.165) is 38.5 Å². The number of nitrogens with two attached hydrogens (primary N) is 1. The normalized spacial score (nSPS) is 17.6. The van der Waals surface area contributed by atoms with Gasteiger partial charge in [-0.15, -0.1) is 0 Å². The lowest BCUT2D eigenvalue weighted by atomic mass is 10.3. The number of carbonyl (C=O) groups is 1. The summed E-state index contributed by atoms with van der Waals surface area (Å²) >= 11 is 0. The molecule has 2 N–H and O–H groups in total. The summed E-state index contributed by atoms with van der Waals surface area (Å²) in [5, 5.41) is 0. The average molecular weight is 223 g/mol. The van der Waals surface area contributed by atoms with Gasteiger partial charge in [-0.25, -0.2) is 0 Å². The first-order valence-electron chi connectivity index (χ1n) is 5.42. The van der Waals surface area contributed by atoms with Gasteiger partial charge in [-0.2, -0.15) is 0 Å². The highest BCUT2D eigenvalue weighted by molar-refractivity contribution is 5.92. The van der Waals surface area contributed by atoms with Crippen LogP contribution in [-0.4, -0.2) is 41.7 Å². The Kier molecular flexibility index (Phi) is 3.26. The van der Waals surface area contributed by atoms with Gasteiger partial charge < -0.3 is 15.0 Å². The third-order valence-electron chi connectivity index (χ3n) is 2.88. The number of amides is 1. The molecule has 0 bridgehead atoms. The van der Waals surface area contributed by atoms with Gasteiger partial charge in [-0.1, -0.05) is 0 Å². The van der Waals surface area contributed by atoms with Crippen LogP contribution < -0.4 is 5.73 Å². The molecule has 0 aromatic carbocycles. The first-order valence-corrected chi connectivity index (χ1v) is 5.42. The van der Waals surface area contributed by atoms with Crippen LogP contribution in [0.3, 0.4) is 0 Å². The minimum atomic E-state index is -0.371. The maximum Gasteiger partial charge on any atom is 0.250 e. The first kappa shape index (κ1) is 11.2. The fourth-order valence-electron chi connectivity index (χ4n) is 1.89. The molecule has 0 aliphatic carbocycles. The number of hydrogen-bond acceptors (Lipinski definition) is 3. The van der Waals surface area contributed by atoms with Crippen molar-refractivity contribution >= 4 is 5.91 Å². The van der Waals surface area contributed by atoms with Crippen LogP contribution in [0.1, 0.15) is 16.1 Å². The van der Waals surface area contributed by atoms with E-state index in [1.807, 2.05) is 17.7 Å². The van der Waals surface area contributed by atoms with Crippen molar-refractivity contribution in [2.75, 3.05) is 26.3 Å². The van der Waals surface area contributed by atoms with Gasteiger partial charge in [0.2, 0.25) is 5.91 Å². The predicted molar refractivity (Wildman–Crippen MR) is 60.0 cm³/mol. The summed E-state index contributed by atoms with van der Waals surface area (Å²) in [6, 6.07) is 1.86. The molecule has 0 radical (unpaired) electrons. The zero-order chi connectivity index (χ0) is 11.5. The van der Waals surface area contributed by atoms with Gasteiger partial charge in [0.1, 0.15) is 0 Å². The molecule has 1 aliphatic heterocycles. The Morgan fingerprint density at radius 3 is 2.75 bits per heavy atom. The number of rotatable bonds is 3. The fraction of sp³-hybridized carbons (Fsp3) is 0.545. The first-order chi connectivity index (χ1) is 7.66. The summed E-state index contributed by atoms with van der Waals surface area (Å²) in [5.41, 5.74) is 6.93. The fourth-order valence-corrected chi connectivity index (χ4v) is 1.89. The van der Waals surface area contributed by atoms with Crippen molar-refractivity contribution in [2.45, 2.75) is 6.54 Å². The largest absolute Gasteiger partial charge is 0.379 e. The van der Waals surface area contributed by atoms with E-state index in [2.05, 4.69) is 4.90 Å². The Hall–Kier alpha value is -1.33. The molecule has 16 heavy (non-hydrogen) atoms. The van der Waals surface area contributed by atoms with Crippen LogP contribution in [0.4, 0.5) is 0 Å². The number of primary amides is 1. The van der Waals surface area contributed by atoms with E-state index in [-0.39, 0.29) is 5.91 Å². The highest BCUT2D eigenvalue weighted by atomic mass is 16.5. The average Bonchev–Trinajstić information content (AvgIpc) is 2.62. The van der Waals surface area contributed by atoms with Gasteiger partial charge in [0.25, 0.3) is 0 Å². The molecule has 5 nitrogen and oxygen atoms in total. The van der Waals surface area contributed by atoms with E-state index in [0.29, 0.717) is 5.56 Å². The molecule has 1 aliphatic rings. The lowest BCUT2D eigenvalue weighted by Gasteiger charge is -2.26. The second-order valence-corrected chi connectivity index (χ2v) is 4.08. The third-order valence-corrected chi connectivity index (χ3v) is 2.88. The number of ether oxygens (including phenoxy) is 1. The lowest BCUT2D eigenvalue weighted by molar-refractivity contribution is 0.0333. The van der Waals surface area contributed by atoms with Crippen molar-refractivity contribution in [3.63, 3.8) is 0 Å². The second kappa shape index (κ2) is 4.67. The second-order valence-electron chi connectivity index (χ2n) is 4.08. The van der Waals surface area contributed by atoms with Crippen LogP contribution >= 0.6 is 0 Å². The topological polar surface area (TPSA) is 60.5 Å². The third kappa shape index (κ3) is 2.43. The van der Waals surface area contributed by atoms with Crippen molar-refractivity contribution < 1.29 is 9.53 Å². The highest BCUT2D eigenvalue weighted by Crippen LogP contribution is 2.10. The molecule has 0 unspecified atom stereocenters. The van der Waals surface area contributed by atoms with Crippen molar-refractivity contribution in [1.29, 1.82) is 0 Å². The van der Waals surface area contributed by atoms with Crippen LogP contribution in [0.25, 0.3) is 0 Å². The van der Waals surface area contributed by atoms with Gasteiger partial charge in [0.05, 0.1) is 18.8 Å². The summed E-state index contributed by atoms with van der Waals surface area (Å²) in [7, 11) is 1.93. The van der Waals surface area contributed by atoms with Crippen LogP contribution in [0.15, 0.2) is 12.3 Å².